The van der Waals surface area contributed by atoms with E-state index in [1.165, 1.54) is 25.7 Å². The molecule has 0 aliphatic carbocycles. The largest absolute Gasteiger partial charge is 0.381 e. The van der Waals surface area contributed by atoms with Crippen molar-refractivity contribution in [3.8, 4) is 0 Å². The first-order chi connectivity index (χ1) is 8.86. The number of hydrogen-bond donors (Lipinski definition) is 1. The average Bonchev–Trinajstić information content (AvgIpc) is 2.45. The van der Waals surface area contributed by atoms with Crippen LogP contribution in [0.25, 0.3) is 0 Å². The highest BCUT2D eigenvalue weighted by molar-refractivity contribution is 5.81. The van der Waals surface area contributed by atoms with E-state index < -0.39 is 0 Å². The molecule has 3 nitrogen and oxygen atoms in total. The van der Waals surface area contributed by atoms with Gasteiger partial charge in [-0.1, -0.05) is 12.8 Å². The minimum absolute atomic E-state index is 0.356. The molecule has 18 heavy (non-hydrogen) atoms. The van der Waals surface area contributed by atoms with Crippen molar-refractivity contribution in [3.05, 3.63) is 0 Å². The van der Waals surface area contributed by atoms with E-state index in [0.717, 1.165) is 57.9 Å². The molecule has 2 aliphatic heterocycles. The number of carbonyl (C=O) groups is 1. The number of ether oxygens (including phenoxy) is 1. The van der Waals surface area contributed by atoms with Crippen molar-refractivity contribution in [2.75, 3.05) is 26.3 Å². The van der Waals surface area contributed by atoms with Crippen molar-refractivity contribution in [1.29, 1.82) is 0 Å². The molecule has 0 aromatic heterocycles. The second kappa shape index (κ2) is 7.90. The van der Waals surface area contributed by atoms with Gasteiger partial charge in [0.1, 0.15) is 5.78 Å². The van der Waals surface area contributed by atoms with Crippen LogP contribution in [-0.4, -0.2) is 32.1 Å². The molecule has 0 radical (unpaired) electrons. The molecular weight excluding hydrogens is 226 g/mol. The number of ketones is 1. The lowest BCUT2D eigenvalue weighted by molar-refractivity contribution is -0.123. The van der Waals surface area contributed by atoms with Crippen LogP contribution in [0.4, 0.5) is 0 Å². The summed E-state index contributed by atoms with van der Waals surface area (Å²) in [5.41, 5.74) is 0. The number of rotatable bonds is 6. The fourth-order valence-corrected chi connectivity index (χ4v) is 3.12. The van der Waals surface area contributed by atoms with Gasteiger partial charge in [-0.2, -0.15) is 0 Å². The van der Waals surface area contributed by atoms with E-state index in [0.29, 0.717) is 11.7 Å². The van der Waals surface area contributed by atoms with E-state index in [1.54, 1.807) is 0 Å². The number of nitrogens with one attached hydrogen (secondary N) is 1. The van der Waals surface area contributed by atoms with Gasteiger partial charge in [-0.3, -0.25) is 4.79 Å². The van der Waals surface area contributed by atoms with Crippen molar-refractivity contribution in [3.63, 3.8) is 0 Å². The summed E-state index contributed by atoms with van der Waals surface area (Å²) in [5.74, 6) is 1.73. The van der Waals surface area contributed by atoms with Crippen molar-refractivity contribution >= 4 is 5.78 Å². The van der Waals surface area contributed by atoms with E-state index in [1.807, 2.05) is 0 Å². The van der Waals surface area contributed by atoms with E-state index in [4.69, 9.17) is 4.74 Å². The lowest BCUT2D eigenvalue weighted by atomic mass is 9.89. The molecule has 104 valence electrons. The first-order valence-electron chi connectivity index (χ1n) is 7.67. The average molecular weight is 253 g/mol. The first-order valence-corrected chi connectivity index (χ1v) is 7.67. The first kappa shape index (κ1) is 14.0. The normalized spacial score (nSPS) is 23.1. The number of Topliss-reactive ketones (excluding diaryl/α,β-unsaturated/α-hetero) is 1. The summed E-state index contributed by atoms with van der Waals surface area (Å²) in [6.07, 6.45) is 8.99. The van der Waals surface area contributed by atoms with Crippen LogP contribution >= 0.6 is 0 Å². The maximum absolute atomic E-state index is 12.0. The Hall–Kier alpha value is -0.410. The third-order valence-electron chi connectivity index (χ3n) is 4.42. The molecular formula is C15H27NO2. The second-order valence-electron chi connectivity index (χ2n) is 5.79. The van der Waals surface area contributed by atoms with Crippen molar-refractivity contribution < 1.29 is 9.53 Å². The predicted octanol–water partition coefficient (Wildman–Crippen LogP) is 2.54. The van der Waals surface area contributed by atoms with E-state index in [9.17, 15) is 4.79 Å². The third kappa shape index (κ3) is 4.69. The van der Waals surface area contributed by atoms with Crippen LogP contribution < -0.4 is 5.32 Å². The molecule has 2 aliphatic rings. The highest BCUT2D eigenvalue weighted by Gasteiger charge is 2.20. The molecule has 0 bridgehead atoms. The Morgan fingerprint density at radius 1 is 1.06 bits per heavy atom. The Bertz CT molecular complexity index is 243. The van der Waals surface area contributed by atoms with Crippen LogP contribution in [-0.2, 0) is 9.53 Å². The van der Waals surface area contributed by atoms with Gasteiger partial charge in [0.05, 0.1) is 0 Å². The molecule has 2 saturated heterocycles. The molecule has 0 aromatic carbocycles. The summed E-state index contributed by atoms with van der Waals surface area (Å²) in [6, 6.07) is 0. The zero-order valence-corrected chi connectivity index (χ0v) is 11.5. The molecule has 0 unspecified atom stereocenters. The summed E-state index contributed by atoms with van der Waals surface area (Å²) in [4.78, 5) is 12.0. The monoisotopic (exact) mass is 253 g/mol. The zero-order valence-electron chi connectivity index (χ0n) is 11.5. The van der Waals surface area contributed by atoms with Crippen LogP contribution in [0.15, 0.2) is 0 Å². The highest BCUT2D eigenvalue weighted by atomic mass is 16.5. The predicted molar refractivity (Wildman–Crippen MR) is 72.6 cm³/mol. The standard InChI is InChI=1S/C15H27NO2/c17-15(14-5-9-16-10-6-14)4-2-1-3-13-7-11-18-12-8-13/h13-14,16H,1-12H2. The van der Waals surface area contributed by atoms with Crippen LogP contribution in [0.3, 0.4) is 0 Å². The maximum Gasteiger partial charge on any atom is 0.136 e. The van der Waals surface area contributed by atoms with E-state index >= 15 is 0 Å². The van der Waals surface area contributed by atoms with Gasteiger partial charge in [-0.25, -0.2) is 0 Å². The molecule has 2 heterocycles. The van der Waals surface area contributed by atoms with Crippen molar-refractivity contribution in [2.24, 2.45) is 11.8 Å². The molecule has 0 atom stereocenters. The second-order valence-corrected chi connectivity index (χ2v) is 5.79. The summed E-state index contributed by atoms with van der Waals surface area (Å²) < 4.78 is 5.36. The van der Waals surface area contributed by atoms with Crippen LogP contribution in [0.5, 0.6) is 0 Å². The maximum atomic E-state index is 12.0. The van der Waals surface area contributed by atoms with Gasteiger partial charge in [-0.05, 0) is 51.1 Å². The summed E-state index contributed by atoms with van der Waals surface area (Å²) >= 11 is 0. The van der Waals surface area contributed by atoms with Gasteiger partial charge in [0.15, 0.2) is 0 Å². The molecule has 2 rings (SSSR count). The quantitative estimate of drug-likeness (QED) is 0.739. The Morgan fingerprint density at radius 2 is 1.78 bits per heavy atom. The lowest BCUT2D eigenvalue weighted by Gasteiger charge is -2.22. The third-order valence-corrected chi connectivity index (χ3v) is 4.42. The van der Waals surface area contributed by atoms with Gasteiger partial charge >= 0.3 is 0 Å². The Balaban J connectivity index is 1.52. The summed E-state index contributed by atoms with van der Waals surface area (Å²) in [7, 11) is 0. The van der Waals surface area contributed by atoms with Crippen LogP contribution in [0.1, 0.15) is 51.4 Å². The molecule has 2 fully saturated rings. The number of carbonyl (C=O) groups excluding carboxylic acids is 1. The van der Waals surface area contributed by atoms with Crippen LogP contribution in [0.2, 0.25) is 0 Å². The van der Waals surface area contributed by atoms with Crippen molar-refractivity contribution in [1.82, 2.24) is 5.32 Å². The lowest BCUT2D eigenvalue weighted by Crippen LogP contribution is -2.31. The molecule has 1 N–H and O–H groups in total. The molecule has 0 aromatic rings. The molecule has 3 heteroatoms. The summed E-state index contributed by atoms with van der Waals surface area (Å²) in [6.45, 7) is 3.94. The van der Waals surface area contributed by atoms with E-state index in [2.05, 4.69) is 5.32 Å². The van der Waals surface area contributed by atoms with E-state index in [-0.39, 0.29) is 0 Å². The summed E-state index contributed by atoms with van der Waals surface area (Å²) in [5, 5.41) is 3.32. The molecule has 0 spiro atoms. The number of hydrogen-bond acceptors (Lipinski definition) is 3. The Labute approximate surface area is 111 Å². The topological polar surface area (TPSA) is 38.3 Å². The van der Waals surface area contributed by atoms with Gasteiger partial charge in [0.2, 0.25) is 0 Å². The van der Waals surface area contributed by atoms with Gasteiger partial charge in [0.25, 0.3) is 0 Å². The van der Waals surface area contributed by atoms with Gasteiger partial charge in [0, 0.05) is 25.6 Å². The minimum Gasteiger partial charge on any atom is -0.381 e. The fraction of sp³-hybridized carbons (Fsp3) is 0.933. The Morgan fingerprint density at radius 3 is 2.50 bits per heavy atom. The SMILES string of the molecule is O=C(CCCCC1CCOCC1)C1CCNCC1. The number of piperidine rings is 1. The number of unbranched alkanes of at least 4 members (excludes halogenated alkanes) is 1. The molecule has 0 saturated carbocycles. The van der Waals surface area contributed by atoms with Crippen molar-refractivity contribution in [2.45, 2.75) is 51.4 Å². The minimum atomic E-state index is 0.356. The van der Waals surface area contributed by atoms with Crippen LogP contribution in [0, 0.1) is 11.8 Å². The fourth-order valence-electron chi connectivity index (χ4n) is 3.12. The molecule has 0 amide bonds. The highest BCUT2D eigenvalue weighted by Crippen LogP contribution is 2.22. The van der Waals surface area contributed by atoms with Gasteiger partial charge < -0.3 is 10.1 Å². The Kier molecular flexibility index (Phi) is 6.15. The zero-order chi connectivity index (χ0) is 12.6. The van der Waals surface area contributed by atoms with Gasteiger partial charge in [-0.15, -0.1) is 0 Å². The smallest absolute Gasteiger partial charge is 0.136 e.